The van der Waals surface area contributed by atoms with E-state index in [1.807, 2.05) is 49.1 Å². The second-order valence-electron chi connectivity index (χ2n) is 18.0. The number of nitrogens with one attached hydrogen (secondary N) is 5. The molecule has 1 fully saturated rings. The van der Waals surface area contributed by atoms with E-state index in [4.69, 9.17) is 15.3 Å². The van der Waals surface area contributed by atoms with Gasteiger partial charge in [-0.1, -0.05) is 94.3 Å². The Morgan fingerprint density at radius 1 is 0.797 bits per heavy atom. The van der Waals surface area contributed by atoms with Crippen LogP contribution in [0.2, 0.25) is 0 Å². The Labute approximate surface area is 404 Å². The first-order chi connectivity index (χ1) is 32.7. The van der Waals surface area contributed by atoms with Gasteiger partial charge in [-0.25, -0.2) is 4.39 Å². The van der Waals surface area contributed by atoms with E-state index in [0.29, 0.717) is 38.3 Å². The van der Waals surface area contributed by atoms with Crippen molar-refractivity contribution in [1.29, 1.82) is 0 Å². The number of aryl methyl sites for hydroxylation is 1. The molecule has 0 aliphatic carbocycles. The number of Topliss-reactive ketones (excluding diaryl/α,β-unsaturated/α-hetero) is 1. The summed E-state index contributed by atoms with van der Waals surface area (Å²) < 4.78 is 51.4. The molecule has 1 saturated heterocycles. The number of hydrogen-bond acceptors (Lipinski definition) is 12. The molecule has 374 valence electrons. The van der Waals surface area contributed by atoms with Crippen molar-refractivity contribution in [3.8, 4) is 12.3 Å². The van der Waals surface area contributed by atoms with Gasteiger partial charge in [0.1, 0.15) is 36.2 Å². The SMILES string of the molecule is C#CCNC(=O)c1cc(S(=O)(=O)OCC(C)(O)C(=O)[C@H](CC(C)C)NC(=O)[C@H](Cc2ccccc2)NC(=O)[C@H](CC(C)C)NC(=O)[C@H](CCc2ccccc2)NC(=O)CN2CCOCC2)ccc1F. The van der Waals surface area contributed by atoms with Crippen LogP contribution in [0, 0.1) is 30.0 Å². The number of hydrogen-bond donors (Lipinski definition) is 6. The summed E-state index contributed by atoms with van der Waals surface area (Å²) in [5.41, 5.74) is -1.59. The number of carbonyl (C=O) groups is 6. The number of aliphatic hydroxyl groups is 1. The van der Waals surface area contributed by atoms with Crippen LogP contribution in [-0.4, -0.2) is 130 Å². The number of terminal acetylenes is 1. The van der Waals surface area contributed by atoms with Crippen LogP contribution in [0.4, 0.5) is 4.39 Å². The molecule has 3 aromatic rings. The number of morpholine rings is 1. The second kappa shape index (κ2) is 26.6. The lowest BCUT2D eigenvalue weighted by atomic mass is 9.90. The molecule has 0 saturated carbocycles. The van der Waals surface area contributed by atoms with Gasteiger partial charge in [0, 0.05) is 19.5 Å². The van der Waals surface area contributed by atoms with Crippen molar-refractivity contribution >= 4 is 45.4 Å². The minimum atomic E-state index is -4.80. The van der Waals surface area contributed by atoms with E-state index in [1.165, 1.54) is 0 Å². The molecule has 1 aliphatic rings. The minimum absolute atomic E-state index is 0.0266. The summed E-state index contributed by atoms with van der Waals surface area (Å²) in [6.07, 6.45) is 5.89. The average Bonchev–Trinajstić information content (AvgIpc) is 3.31. The Hall–Kier alpha value is -6.04. The monoisotopic (exact) mass is 976 g/mol. The van der Waals surface area contributed by atoms with Crippen molar-refractivity contribution in [3.63, 3.8) is 0 Å². The molecule has 1 aliphatic heterocycles. The van der Waals surface area contributed by atoms with E-state index >= 15 is 0 Å². The maximum absolute atomic E-state index is 14.5. The summed E-state index contributed by atoms with van der Waals surface area (Å²) in [6.45, 7) is 9.01. The Bertz CT molecular complexity index is 2370. The van der Waals surface area contributed by atoms with Crippen molar-refractivity contribution in [3.05, 3.63) is 101 Å². The summed E-state index contributed by atoms with van der Waals surface area (Å²) in [7, 11) is -4.80. The van der Waals surface area contributed by atoms with Crippen molar-refractivity contribution in [2.45, 2.75) is 101 Å². The fourth-order valence-corrected chi connectivity index (χ4v) is 8.49. The van der Waals surface area contributed by atoms with Gasteiger partial charge in [0.2, 0.25) is 23.6 Å². The number of carbonyl (C=O) groups excluding carboxylic acids is 6. The summed E-state index contributed by atoms with van der Waals surface area (Å²) in [6, 6.07) is 15.6. The lowest BCUT2D eigenvalue weighted by molar-refractivity contribution is -0.143. The number of amides is 5. The lowest BCUT2D eigenvalue weighted by Gasteiger charge is -2.30. The second-order valence-corrected chi connectivity index (χ2v) is 19.7. The number of ether oxygens (including phenoxy) is 1. The minimum Gasteiger partial charge on any atom is -0.380 e. The molecule has 6 N–H and O–H groups in total. The van der Waals surface area contributed by atoms with Gasteiger partial charge in [-0.15, -0.1) is 6.42 Å². The number of nitrogens with zero attached hydrogens (tertiary/aromatic N) is 1. The first kappa shape index (κ1) is 55.6. The Morgan fingerprint density at radius 2 is 1.35 bits per heavy atom. The predicted molar refractivity (Wildman–Crippen MR) is 255 cm³/mol. The van der Waals surface area contributed by atoms with Crippen LogP contribution in [0.3, 0.4) is 0 Å². The quantitative estimate of drug-likeness (QED) is 0.0503. The summed E-state index contributed by atoms with van der Waals surface area (Å²) in [4.78, 5) is 83.9. The van der Waals surface area contributed by atoms with E-state index in [9.17, 15) is 46.7 Å². The normalized spacial score (nSPS) is 15.7. The molecule has 0 aromatic heterocycles. The van der Waals surface area contributed by atoms with Gasteiger partial charge >= 0.3 is 0 Å². The van der Waals surface area contributed by atoms with Gasteiger partial charge in [0.05, 0.1) is 42.8 Å². The van der Waals surface area contributed by atoms with Crippen molar-refractivity contribution < 1.29 is 55.6 Å². The van der Waals surface area contributed by atoms with E-state index in [1.54, 1.807) is 44.2 Å². The van der Waals surface area contributed by atoms with Crippen LogP contribution >= 0.6 is 0 Å². The first-order valence-corrected chi connectivity index (χ1v) is 24.4. The molecule has 0 spiro atoms. The lowest BCUT2D eigenvalue weighted by Crippen LogP contribution is -2.60. The highest BCUT2D eigenvalue weighted by molar-refractivity contribution is 7.86. The topological polar surface area (TPSA) is 239 Å². The highest BCUT2D eigenvalue weighted by Crippen LogP contribution is 2.22. The maximum atomic E-state index is 14.5. The molecule has 5 amide bonds. The van der Waals surface area contributed by atoms with E-state index in [0.717, 1.165) is 30.7 Å². The number of halogens is 1. The highest BCUT2D eigenvalue weighted by Gasteiger charge is 2.40. The fourth-order valence-electron chi connectivity index (χ4n) is 7.48. The van der Waals surface area contributed by atoms with Gasteiger partial charge < -0.3 is 36.4 Å². The molecular weight excluding hydrogens is 912 g/mol. The average molecular weight is 977 g/mol. The van der Waals surface area contributed by atoms with Crippen LogP contribution < -0.4 is 26.6 Å². The van der Waals surface area contributed by atoms with E-state index in [-0.39, 0.29) is 56.5 Å². The molecule has 5 atom stereocenters. The molecule has 1 heterocycles. The number of rotatable bonds is 26. The molecule has 4 rings (SSSR count). The van der Waals surface area contributed by atoms with Crippen LogP contribution in [0.1, 0.15) is 75.4 Å². The molecule has 3 aromatic carbocycles. The predicted octanol–water partition coefficient (Wildman–Crippen LogP) is 2.45. The molecule has 69 heavy (non-hydrogen) atoms. The van der Waals surface area contributed by atoms with Crippen LogP contribution in [0.25, 0.3) is 0 Å². The maximum Gasteiger partial charge on any atom is 0.297 e. The largest absolute Gasteiger partial charge is 0.380 e. The third-order valence-electron chi connectivity index (χ3n) is 11.1. The highest BCUT2D eigenvalue weighted by atomic mass is 32.2. The molecule has 0 radical (unpaired) electrons. The zero-order chi connectivity index (χ0) is 50.7. The Kier molecular flexibility index (Phi) is 21.5. The molecular formula is C50H65FN6O11S. The third-order valence-corrected chi connectivity index (χ3v) is 12.4. The van der Waals surface area contributed by atoms with Gasteiger partial charge in [0.15, 0.2) is 5.78 Å². The standard InChI is InChI=1S/C50H65FN6O11S/c1-7-22-52-46(60)38-30-37(19-20-39(38)51)69(65,66)68-32-50(6,64)45(59)41(27-33(2)3)54-49(63)43(29-36-16-12-9-13-17-36)56-48(62)42(28-34(4)5)55-47(61)40(21-18-35-14-10-8-11-15-35)53-44(58)31-57-23-25-67-26-24-57/h1,8-17,19-20,30,33-34,40-43,64H,18,21-29,31-32H2,2-6H3,(H,52,60)(H,53,58)(H,54,63)(H,55,61)(H,56,62)/t40-,41-,42-,43-,50?/m0/s1. The summed E-state index contributed by atoms with van der Waals surface area (Å²) in [5, 5.41) is 24.8. The van der Waals surface area contributed by atoms with Gasteiger partial charge in [-0.05, 0) is 73.8 Å². The van der Waals surface area contributed by atoms with Crippen molar-refractivity contribution in [1.82, 2.24) is 31.5 Å². The molecule has 0 bridgehead atoms. The van der Waals surface area contributed by atoms with Crippen LogP contribution in [0.15, 0.2) is 83.8 Å². The number of ketones is 1. The molecule has 17 nitrogen and oxygen atoms in total. The smallest absolute Gasteiger partial charge is 0.297 e. The van der Waals surface area contributed by atoms with Crippen molar-refractivity contribution in [2.75, 3.05) is 46.0 Å². The summed E-state index contributed by atoms with van der Waals surface area (Å²) in [5.74, 6) is -3.74. The Balaban J connectivity index is 1.55. The third kappa shape index (κ3) is 18.1. The fraction of sp³-hybridized carbons (Fsp3) is 0.480. The van der Waals surface area contributed by atoms with Gasteiger partial charge in [-0.2, -0.15) is 8.42 Å². The molecule has 1 unspecified atom stereocenters. The van der Waals surface area contributed by atoms with Gasteiger partial charge in [-0.3, -0.25) is 37.9 Å². The zero-order valence-electron chi connectivity index (χ0n) is 39.8. The van der Waals surface area contributed by atoms with Gasteiger partial charge in [0.25, 0.3) is 16.0 Å². The zero-order valence-corrected chi connectivity index (χ0v) is 40.6. The summed E-state index contributed by atoms with van der Waals surface area (Å²) >= 11 is 0. The number of benzene rings is 3. The van der Waals surface area contributed by atoms with Crippen LogP contribution in [-0.2, 0) is 55.9 Å². The van der Waals surface area contributed by atoms with Crippen LogP contribution in [0.5, 0.6) is 0 Å². The molecule has 19 heteroatoms. The van der Waals surface area contributed by atoms with E-state index < -0.39 is 92.2 Å². The van der Waals surface area contributed by atoms with E-state index in [2.05, 4.69) is 32.5 Å². The first-order valence-electron chi connectivity index (χ1n) is 22.9. The van der Waals surface area contributed by atoms with Crippen molar-refractivity contribution in [2.24, 2.45) is 11.8 Å². The Morgan fingerprint density at radius 3 is 1.96 bits per heavy atom.